The van der Waals surface area contributed by atoms with Crippen LogP contribution in [0.3, 0.4) is 0 Å². The summed E-state index contributed by atoms with van der Waals surface area (Å²) < 4.78 is 15.9. The third-order valence-electron chi connectivity index (χ3n) is 4.63. The van der Waals surface area contributed by atoms with Gasteiger partial charge in [-0.05, 0) is 42.2 Å². The van der Waals surface area contributed by atoms with Gasteiger partial charge in [0.2, 0.25) is 0 Å². The highest BCUT2D eigenvalue weighted by Crippen LogP contribution is 2.27. The van der Waals surface area contributed by atoms with E-state index in [0.29, 0.717) is 13.2 Å². The Balaban J connectivity index is 1.99. The Morgan fingerprint density at radius 2 is 1.59 bits per heavy atom. The predicted molar refractivity (Wildman–Crippen MR) is 118 cm³/mol. The van der Waals surface area contributed by atoms with E-state index >= 15 is 0 Å². The van der Waals surface area contributed by atoms with Crippen LogP contribution in [0.5, 0.6) is 11.5 Å². The summed E-state index contributed by atoms with van der Waals surface area (Å²) in [6.45, 7) is 5.01. The van der Waals surface area contributed by atoms with E-state index in [2.05, 4.69) is 54.5 Å². The van der Waals surface area contributed by atoms with Gasteiger partial charge in [0, 0.05) is 27.2 Å². The highest BCUT2D eigenvalue weighted by atomic mass is 16.5. The largest absolute Gasteiger partial charge is 0.493 e. The predicted octanol–water partition coefficient (Wildman–Crippen LogP) is 3.49. The van der Waals surface area contributed by atoms with Crippen molar-refractivity contribution in [3.8, 4) is 11.5 Å². The minimum Gasteiger partial charge on any atom is -0.493 e. The molecule has 0 aliphatic heterocycles. The minimum absolute atomic E-state index is 0.630. The Hall–Kier alpha value is -2.73. The quantitative estimate of drug-likeness (QED) is 0.490. The summed E-state index contributed by atoms with van der Waals surface area (Å²) in [4.78, 5) is 6.94. The van der Waals surface area contributed by atoms with Crippen LogP contribution >= 0.6 is 0 Å². The van der Waals surface area contributed by atoms with E-state index in [9.17, 15) is 0 Å². The van der Waals surface area contributed by atoms with E-state index in [1.54, 1.807) is 21.3 Å². The smallest absolute Gasteiger partial charge is 0.193 e. The normalized spacial score (nSPS) is 11.3. The van der Waals surface area contributed by atoms with Crippen molar-refractivity contribution in [3.05, 3.63) is 59.2 Å². The average molecular weight is 400 g/mol. The molecule has 6 heteroatoms. The second-order valence-corrected chi connectivity index (χ2v) is 6.78. The molecule has 0 amide bonds. The highest BCUT2D eigenvalue weighted by Gasteiger charge is 2.08. The van der Waals surface area contributed by atoms with Crippen molar-refractivity contribution < 1.29 is 14.2 Å². The maximum atomic E-state index is 5.40. The first-order chi connectivity index (χ1) is 14.1. The molecule has 0 heterocycles. The number of nitrogens with zero attached hydrogens (tertiary/aromatic N) is 2. The maximum absolute atomic E-state index is 5.40. The van der Waals surface area contributed by atoms with Gasteiger partial charge in [-0.1, -0.05) is 30.3 Å². The Labute approximate surface area is 174 Å². The number of aliphatic imine (C=N–C) groups is 1. The fourth-order valence-corrected chi connectivity index (χ4v) is 2.98. The van der Waals surface area contributed by atoms with Gasteiger partial charge in [0.15, 0.2) is 17.5 Å². The molecule has 6 nitrogen and oxygen atoms in total. The number of nitrogens with one attached hydrogen (secondary N) is 1. The summed E-state index contributed by atoms with van der Waals surface area (Å²) in [5.74, 6) is 2.40. The zero-order valence-electron chi connectivity index (χ0n) is 18.2. The van der Waals surface area contributed by atoms with Crippen molar-refractivity contribution in [2.75, 3.05) is 41.5 Å². The molecule has 1 N–H and O–H groups in total. The van der Waals surface area contributed by atoms with Crippen LogP contribution in [-0.2, 0) is 24.3 Å². The summed E-state index contributed by atoms with van der Waals surface area (Å²) in [7, 11) is 7.07. The fraction of sp³-hybridized carbons (Fsp3) is 0.435. The summed E-state index contributed by atoms with van der Waals surface area (Å²) in [5.41, 5.74) is 3.53. The molecule has 0 radical (unpaired) electrons. The lowest BCUT2D eigenvalue weighted by Gasteiger charge is -2.22. The summed E-state index contributed by atoms with van der Waals surface area (Å²) >= 11 is 0. The third-order valence-corrected chi connectivity index (χ3v) is 4.63. The van der Waals surface area contributed by atoms with Crippen molar-refractivity contribution in [1.29, 1.82) is 0 Å². The molecule has 0 aliphatic rings. The van der Waals surface area contributed by atoms with Gasteiger partial charge in [-0.15, -0.1) is 0 Å². The number of hydrogen-bond acceptors (Lipinski definition) is 4. The van der Waals surface area contributed by atoms with E-state index in [-0.39, 0.29) is 0 Å². The minimum atomic E-state index is 0.630. The van der Waals surface area contributed by atoms with Crippen LogP contribution in [0.1, 0.15) is 23.6 Å². The number of hydrogen-bond donors (Lipinski definition) is 1. The molecule has 29 heavy (non-hydrogen) atoms. The molecular formula is C23H33N3O3. The Morgan fingerprint density at radius 3 is 2.21 bits per heavy atom. The van der Waals surface area contributed by atoms with Crippen molar-refractivity contribution in [3.63, 3.8) is 0 Å². The zero-order valence-corrected chi connectivity index (χ0v) is 18.2. The zero-order chi connectivity index (χ0) is 21.1. The van der Waals surface area contributed by atoms with Crippen LogP contribution in [-0.4, -0.2) is 52.3 Å². The molecule has 0 saturated carbocycles. The summed E-state index contributed by atoms with van der Waals surface area (Å²) in [6, 6.07) is 14.4. The number of rotatable bonds is 10. The Bertz CT molecular complexity index is 775. The molecule has 0 bridgehead atoms. The monoisotopic (exact) mass is 399 g/mol. The second-order valence-electron chi connectivity index (χ2n) is 6.78. The van der Waals surface area contributed by atoms with Gasteiger partial charge < -0.3 is 24.4 Å². The number of methoxy groups -OCH3 is 3. The van der Waals surface area contributed by atoms with E-state index in [1.807, 2.05) is 12.1 Å². The van der Waals surface area contributed by atoms with Crippen molar-refractivity contribution in [2.45, 2.75) is 26.5 Å². The van der Waals surface area contributed by atoms with E-state index < -0.39 is 0 Å². The second kappa shape index (κ2) is 12.0. The van der Waals surface area contributed by atoms with Crippen LogP contribution in [0, 0.1) is 0 Å². The van der Waals surface area contributed by atoms with Crippen LogP contribution in [0.15, 0.2) is 47.5 Å². The molecule has 0 atom stereocenters. The lowest BCUT2D eigenvalue weighted by atomic mass is 10.1. The van der Waals surface area contributed by atoms with Gasteiger partial charge in [-0.2, -0.15) is 0 Å². The van der Waals surface area contributed by atoms with Gasteiger partial charge in [0.25, 0.3) is 0 Å². The van der Waals surface area contributed by atoms with Crippen molar-refractivity contribution >= 4 is 5.96 Å². The standard InChI is InChI=1S/C23H33N3O3/c1-6-24-23(25-16-19-7-9-20(10-8-19)17-27-3)26(2)14-13-18-11-12-21(28-4)22(15-18)29-5/h7-12,15H,6,13-14,16-17H2,1-5H3,(H,24,25). The van der Waals surface area contributed by atoms with Crippen LogP contribution in [0.4, 0.5) is 0 Å². The summed E-state index contributed by atoms with van der Waals surface area (Å²) in [6.07, 6.45) is 0.882. The first-order valence-corrected chi connectivity index (χ1v) is 9.88. The molecule has 0 aliphatic carbocycles. The van der Waals surface area contributed by atoms with Gasteiger partial charge in [0.05, 0.1) is 27.4 Å². The first-order valence-electron chi connectivity index (χ1n) is 9.88. The van der Waals surface area contributed by atoms with Crippen molar-refractivity contribution in [2.24, 2.45) is 4.99 Å². The number of benzene rings is 2. The molecule has 0 fully saturated rings. The molecule has 0 saturated heterocycles. The SMILES string of the molecule is CCNC(=NCc1ccc(COC)cc1)N(C)CCc1ccc(OC)c(OC)c1. The highest BCUT2D eigenvalue weighted by molar-refractivity contribution is 5.79. The van der Waals surface area contributed by atoms with Crippen LogP contribution < -0.4 is 14.8 Å². The molecule has 0 aromatic heterocycles. The molecule has 0 unspecified atom stereocenters. The maximum Gasteiger partial charge on any atom is 0.193 e. The molecule has 2 rings (SSSR count). The first kappa shape index (κ1) is 22.6. The summed E-state index contributed by atoms with van der Waals surface area (Å²) in [5, 5.41) is 3.37. The Morgan fingerprint density at radius 1 is 0.931 bits per heavy atom. The molecule has 0 spiro atoms. The molecular weight excluding hydrogens is 366 g/mol. The molecule has 158 valence electrons. The van der Waals surface area contributed by atoms with Crippen LogP contribution in [0.25, 0.3) is 0 Å². The molecule has 2 aromatic carbocycles. The Kier molecular flexibility index (Phi) is 9.31. The van der Waals surface area contributed by atoms with Crippen molar-refractivity contribution in [1.82, 2.24) is 10.2 Å². The number of ether oxygens (including phenoxy) is 3. The fourth-order valence-electron chi connectivity index (χ4n) is 2.98. The number of guanidine groups is 1. The lowest BCUT2D eigenvalue weighted by Crippen LogP contribution is -2.39. The van der Waals surface area contributed by atoms with Gasteiger partial charge in [0.1, 0.15) is 0 Å². The van der Waals surface area contributed by atoms with Gasteiger partial charge in [-0.3, -0.25) is 0 Å². The average Bonchev–Trinajstić information content (AvgIpc) is 2.75. The topological polar surface area (TPSA) is 55.3 Å². The van der Waals surface area contributed by atoms with Gasteiger partial charge >= 0.3 is 0 Å². The third kappa shape index (κ3) is 6.98. The van der Waals surface area contributed by atoms with Gasteiger partial charge in [-0.25, -0.2) is 4.99 Å². The lowest BCUT2D eigenvalue weighted by molar-refractivity contribution is 0.185. The molecule has 2 aromatic rings. The van der Waals surface area contributed by atoms with E-state index in [4.69, 9.17) is 19.2 Å². The van der Waals surface area contributed by atoms with E-state index in [0.717, 1.165) is 37.0 Å². The van der Waals surface area contributed by atoms with Crippen LogP contribution in [0.2, 0.25) is 0 Å². The van der Waals surface area contributed by atoms with E-state index in [1.165, 1.54) is 16.7 Å². The number of likely N-dealkylation sites (N-methyl/N-ethyl adjacent to an activating group) is 1.